The average molecular weight is 489 g/mol. The lowest BCUT2D eigenvalue weighted by molar-refractivity contribution is -0.137. The van der Waals surface area contributed by atoms with Gasteiger partial charge in [-0.1, -0.05) is 0 Å². The standard InChI is InChI=1S/C24H48N4O6/c1-17(29)13-27(14-18(2)30)11-7-5-9-21-23(33)26-22(24(34)25-21)10-6-8-12-28(15-19(3)31)16-20(4)32/h17-22,29-32H,5-16H2,1-4H3,(H,25,34)(H,26,33)/t17-,18-,19+,20+,21-,22-/m0/s1. The number of aliphatic hydroxyl groups excluding tert-OH is 4. The minimum absolute atomic E-state index is 0.153. The molecular weight excluding hydrogens is 440 g/mol. The SMILES string of the molecule is C[C@H](O)CN(CCCC[C@@H]1NC(=O)[C@H](CCCCN(C[C@@H](C)O)C[C@@H](C)O)NC1=O)C[C@H](C)O. The Bertz CT molecular complexity index is 518. The van der Waals surface area contributed by atoms with Crippen molar-refractivity contribution in [3.8, 4) is 0 Å². The number of piperazine rings is 1. The van der Waals surface area contributed by atoms with Gasteiger partial charge in [0.25, 0.3) is 0 Å². The van der Waals surface area contributed by atoms with Crippen LogP contribution in [0.15, 0.2) is 0 Å². The number of hydrogen-bond donors (Lipinski definition) is 6. The lowest BCUT2D eigenvalue weighted by Crippen LogP contribution is -2.61. The fraction of sp³-hybridized carbons (Fsp3) is 0.917. The second kappa shape index (κ2) is 16.4. The fourth-order valence-electron chi connectivity index (χ4n) is 4.46. The van der Waals surface area contributed by atoms with Gasteiger partial charge in [0.15, 0.2) is 0 Å². The van der Waals surface area contributed by atoms with Gasteiger partial charge in [-0.05, 0) is 79.3 Å². The number of carbonyl (C=O) groups excluding carboxylic acids is 2. The second-order valence-corrected chi connectivity index (χ2v) is 10.0. The van der Waals surface area contributed by atoms with Crippen LogP contribution in [0.5, 0.6) is 0 Å². The van der Waals surface area contributed by atoms with Gasteiger partial charge < -0.3 is 31.1 Å². The van der Waals surface area contributed by atoms with Crippen molar-refractivity contribution in [1.82, 2.24) is 20.4 Å². The third kappa shape index (κ3) is 13.6. The summed E-state index contributed by atoms with van der Waals surface area (Å²) < 4.78 is 0. The maximum Gasteiger partial charge on any atom is 0.243 e. The van der Waals surface area contributed by atoms with Gasteiger partial charge in [-0.25, -0.2) is 0 Å². The first-order chi connectivity index (χ1) is 16.0. The van der Waals surface area contributed by atoms with Gasteiger partial charge in [0.1, 0.15) is 12.1 Å². The molecule has 2 amide bonds. The first-order valence-electron chi connectivity index (χ1n) is 12.8. The van der Waals surface area contributed by atoms with E-state index in [0.717, 1.165) is 25.7 Å². The third-order valence-electron chi connectivity index (χ3n) is 5.79. The van der Waals surface area contributed by atoms with Gasteiger partial charge in [-0.3, -0.25) is 19.4 Å². The molecule has 1 aliphatic rings. The number of hydrogen-bond acceptors (Lipinski definition) is 8. The molecular formula is C24H48N4O6. The minimum atomic E-state index is -0.529. The zero-order valence-electron chi connectivity index (χ0n) is 21.4. The Kier molecular flexibility index (Phi) is 14.8. The lowest BCUT2D eigenvalue weighted by Gasteiger charge is -2.30. The first-order valence-corrected chi connectivity index (χ1v) is 12.8. The van der Waals surface area contributed by atoms with Crippen LogP contribution in [0.3, 0.4) is 0 Å². The van der Waals surface area contributed by atoms with Gasteiger partial charge >= 0.3 is 0 Å². The van der Waals surface area contributed by atoms with Crippen LogP contribution in [-0.2, 0) is 9.59 Å². The molecule has 0 radical (unpaired) electrons. The molecule has 0 aromatic carbocycles. The van der Waals surface area contributed by atoms with E-state index >= 15 is 0 Å². The van der Waals surface area contributed by atoms with E-state index in [1.54, 1.807) is 27.7 Å². The van der Waals surface area contributed by atoms with Crippen LogP contribution in [0.25, 0.3) is 0 Å². The van der Waals surface area contributed by atoms with Gasteiger partial charge in [-0.15, -0.1) is 0 Å². The lowest BCUT2D eigenvalue weighted by atomic mass is 10.0. The number of rotatable bonds is 18. The predicted octanol–water partition coefficient (Wildman–Crippen LogP) is -0.563. The summed E-state index contributed by atoms with van der Waals surface area (Å²) in [6.07, 6.45) is 2.32. The summed E-state index contributed by atoms with van der Waals surface area (Å²) in [5.74, 6) is -0.307. The van der Waals surface area contributed by atoms with E-state index in [4.69, 9.17) is 0 Å². The molecule has 1 aliphatic heterocycles. The predicted molar refractivity (Wildman–Crippen MR) is 131 cm³/mol. The van der Waals surface area contributed by atoms with Crippen LogP contribution in [0.2, 0.25) is 0 Å². The van der Waals surface area contributed by atoms with Crippen LogP contribution in [0.1, 0.15) is 66.2 Å². The Labute approximate surface area is 204 Å². The molecule has 0 aliphatic carbocycles. The van der Waals surface area contributed by atoms with Crippen LogP contribution in [0, 0.1) is 0 Å². The second-order valence-electron chi connectivity index (χ2n) is 10.0. The zero-order chi connectivity index (χ0) is 25.7. The molecule has 1 saturated heterocycles. The molecule has 0 unspecified atom stereocenters. The Balaban J connectivity index is 2.34. The van der Waals surface area contributed by atoms with Crippen LogP contribution in [-0.4, -0.2) is 118 Å². The molecule has 0 spiro atoms. The van der Waals surface area contributed by atoms with E-state index in [9.17, 15) is 30.0 Å². The van der Waals surface area contributed by atoms with E-state index in [1.807, 2.05) is 9.80 Å². The molecule has 0 aromatic rings. The summed E-state index contributed by atoms with van der Waals surface area (Å²) in [5.41, 5.74) is 0. The number of amides is 2. The molecule has 0 aromatic heterocycles. The Morgan fingerprint density at radius 3 is 1.18 bits per heavy atom. The van der Waals surface area contributed by atoms with E-state index < -0.39 is 36.5 Å². The Morgan fingerprint density at radius 2 is 0.912 bits per heavy atom. The summed E-state index contributed by atoms with van der Waals surface area (Å²) in [6.45, 7) is 10.2. The molecule has 34 heavy (non-hydrogen) atoms. The molecule has 200 valence electrons. The Hall–Kier alpha value is -1.30. The topological polar surface area (TPSA) is 146 Å². The zero-order valence-corrected chi connectivity index (χ0v) is 21.4. The molecule has 10 nitrogen and oxygen atoms in total. The maximum atomic E-state index is 12.5. The quantitative estimate of drug-likeness (QED) is 0.141. The van der Waals surface area contributed by atoms with Crippen molar-refractivity contribution in [1.29, 1.82) is 0 Å². The molecule has 0 saturated carbocycles. The number of unbranched alkanes of at least 4 members (excludes halogenated alkanes) is 2. The molecule has 1 heterocycles. The fourth-order valence-corrected chi connectivity index (χ4v) is 4.46. The van der Waals surface area contributed by atoms with Gasteiger partial charge in [-0.2, -0.15) is 0 Å². The third-order valence-corrected chi connectivity index (χ3v) is 5.79. The van der Waals surface area contributed by atoms with Crippen LogP contribution < -0.4 is 10.6 Å². The highest BCUT2D eigenvalue weighted by atomic mass is 16.3. The van der Waals surface area contributed by atoms with E-state index in [2.05, 4.69) is 10.6 Å². The largest absolute Gasteiger partial charge is 0.392 e. The number of nitrogens with zero attached hydrogens (tertiary/aromatic N) is 2. The number of aliphatic hydroxyl groups is 4. The van der Waals surface area contributed by atoms with Crippen molar-refractivity contribution in [2.45, 2.75) is 103 Å². The number of nitrogens with one attached hydrogen (secondary N) is 2. The molecule has 10 heteroatoms. The van der Waals surface area contributed by atoms with Gasteiger partial charge in [0.05, 0.1) is 24.4 Å². The van der Waals surface area contributed by atoms with Crippen molar-refractivity contribution in [3.63, 3.8) is 0 Å². The van der Waals surface area contributed by atoms with Crippen molar-refractivity contribution in [2.24, 2.45) is 0 Å². The minimum Gasteiger partial charge on any atom is -0.392 e. The first kappa shape index (κ1) is 30.7. The molecule has 6 N–H and O–H groups in total. The smallest absolute Gasteiger partial charge is 0.243 e. The van der Waals surface area contributed by atoms with Crippen LogP contribution in [0.4, 0.5) is 0 Å². The number of carbonyl (C=O) groups is 2. The normalized spacial score (nSPS) is 22.4. The summed E-state index contributed by atoms with van der Waals surface area (Å²) in [5, 5.41) is 44.1. The summed E-state index contributed by atoms with van der Waals surface area (Å²) >= 11 is 0. The summed E-state index contributed by atoms with van der Waals surface area (Å²) in [7, 11) is 0. The highest BCUT2D eigenvalue weighted by Crippen LogP contribution is 2.12. The molecule has 6 atom stereocenters. The maximum absolute atomic E-state index is 12.5. The highest BCUT2D eigenvalue weighted by molar-refractivity contribution is 5.96. The van der Waals surface area contributed by atoms with Gasteiger partial charge in [0.2, 0.25) is 11.8 Å². The van der Waals surface area contributed by atoms with Crippen LogP contribution >= 0.6 is 0 Å². The molecule has 1 fully saturated rings. The van der Waals surface area contributed by atoms with Crippen molar-refractivity contribution < 1.29 is 30.0 Å². The van der Waals surface area contributed by atoms with Crippen molar-refractivity contribution in [3.05, 3.63) is 0 Å². The van der Waals surface area contributed by atoms with E-state index in [0.29, 0.717) is 52.1 Å². The summed E-state index contributed by atoms with van der Waals surface area (Å²) in [6, 6.07) is -1.06. The van der Waals surface area contributed by atoms with E-state index in [-0.39, 0.29) is 11.8 Å². The van der Waals surface area contributed by atoms with Crippen molar-refractivity contribution in [2.75, 3.05) is 39.3 Å². The van der Waals surface area contributed by atoms with Crippen molar-refractivity contribution >= 4 is 11.8 Å². The monoisotopic (exact) mass is 488 g/mol. The van der Waals surface area contributed by atoms with Gasteiger partial charge in [0, 0.05) is 26.2 Å². The van der Waals surface area contributed by atoms with E-state index in [1.165, 1.54) is 0 Å². The molecule has 0 bridgehead atoms. The summed E-state index contributed by atoms with van der Waals surface area (Å²) in [4.78, 5) is 29.0. The Morgan fingerprint density at radius 1 is 0.618 bits per heavy atom. The average Bonchev–Trinajstić information content (AvgIpc) is 2.69. The highest BCUT2D eigenvalue weighted by Gasteiger charge is 2.32. The molecule has 1 rings (SSSR count).